The van der Waals surface area contributed by atoms with Crippen LogP contribution >= 0.6 is 0 Å². The number of rotatable bonds is 3. The maximum Gasteiger partial charge on any atom is 0.280 e. The number of carbonyl (C=O) groups is 1. The van der Waals surface area contributed by atoms with E-state index in [0.29, 0.717) is 24.7 Å². The van der Waals surface area contributed by atoms with Gasteiger partial charge < -0.3 is 15.2 Å². The molecule has 1 aromatic heterocycles. The molecule has 8 heteroatoms. The summed E-state index contributed by atoms with van der Waals surface area (Å²) in [7, 11) is 3.21. The quantitative estimate of drug-likeness (QED) is 0.566. The SMILES string of the molecule is CCc1nn(C2CCCCO2)c(C(=O)NC(=NC)NC)c1O. The maximum absolute atomic E-state index is 12.5. The Hall–Kier alpha value is -2.09. The average Bonchev–Trinajstić information content (AvgIpc) is 2.90. The second kappa shape index (κ2) is 7.26. The first-order valence-electron chi connectivity index (χ1n) is 7.50. The molecule has 22 heavy (non-hydrogen) atoms. The Balaban J connectivity index is 2.35. The fourth-order valence-electron chi connectivity index (χ4n) is 2.44. The van der Waals surface area contributed by atoms with Gasteiger partial charge in [-0.05, 0) is 25.7 Å². The molecule has 2 rings (SSSR count). The Morgan fingerprint density at radius 1 is 1.55 bits per heavy atom. The minimum absolute atomic E-state index is 0.0965. The molecule has 1 aromatic rings. The van der Waals surface area contributed by atoms with Gasteiger partial charge in [0.25, 0.3) is 5.91 Å². The predicted molar refractivity (Wildman–Crippen MR) is 82.0 cm³/mol. The van der Waals surface area contributed by atoms with Crippen molar-refractivity contribution in [2.24, 2.45) is 4.99 Å². The molecule has 0 bridgehead atoms. The summed E-state index contributed by atoms with van der Waals surface area (Å²) < 4.78 is 7.18. The molecule has 0 aromatic carbocycles. The van der Waals surface area contributed by atoms with Crippen LogP contribution in [0.25, 0.3) is 0 Å². The predicted octanol–water partition coefficient (Wildman–Crippen LogP) is 0.785. The first-order chi connectivity index (χ1) is 10.6. The van der Waals surface area contributed by atoms with E-state index < -0.39 is 5.91 Å². The van der Waals surface area contributed by atoms with Gasteiger partial charge in [-0.25, -0.2) is 4.68 Å². The van der Waals surface area contributed by atoms with Gasteiger partial charge in [0, 0.05) is 20.7 Å². The second-order valence-corrected chi connectivity index (χ2v) is 5.04. The van der Waals surface area contributed by atoms with Crippen molar-refractivity contribution in [2.75, 3.05) is 20.7 Å². The number of amides is 1. The third-order valence-corrected chi connectivity index (χ3v) is 3.63. The highest BCUT2D eigenvalue weighted by molar-refractivity contribution is 6.06. The van der Waals surface area contributed by atoms with Crippen molar-refractivity contribution in [3.05, 3.63) is 11.4 Å². The number of ether oxygens (including phenoxy) is 1. The number of carbonyl (C=O) groups excluding carboxylic acids is 1. The summed E-state index contributed by atoms with van der Waals surface area (Å²) in [5.41, 5.74) is 0.596. The van der Waals surface area contributed by atoms with Crippen molar-refractivity contribution in [2.45, 2.75) is 38.8 Å². The number of aromatic hydroxyl groups is 1. The second-order valence-electron chi connectivity index (χ2n) is 5.04. The fraction of sp³-hybridized carbons (Fsp3) is 0.643. The minimum Gasteiger partial charge on any atom is -0.504 e. The lowest BCUT2D eigenvalue weighted by atomic mass is 10.2. The number of nitrogens with zero attached hydrogens (tertiary/aromatic N) is 3. The molecule has 0 radical (unpaired) electrons. The van der Waals surface area contributed by atoms with Crippen LogP contribution in [0.15, 0.2) is 4.99 Å². The topological polar surface area (TPSA) is 101 Å². The highest BCUT2D eigenvalue weighted by Gasteiger charge is 2.28. The Bertz CT molecular complexity index is 561. The van der Waals surface area contributed by atoms with E-state index in [-0.39, 0.29) is 17.7 Å². The summed E-state index contributed by atoms with van der Waals surface area (Å²) in [5, 5.41) is 20.0. The number of hydrogen-bond donors (Lipinski definition) is 3. The summed E-state index contributed by atoms with van der Waals surface area (Å²) in [5.74, 6) is -0.241. The van der Waals surface area contributed by atoms with E-state index in [1.807, 2.05) is 6.92 Å². The molecule has 1 aliphatic rings. The zero-order chi connectivity index (χ0) is 16.1. The normalized spacial score (nSPS) is 19.0. The lowest BCUT2D eigenvalue weighted by molar-refractivity contribution is -0.0408. The van der Waals surface area contributed by atoms with Crippen molar-refractivity contribution in [1.29, 1.82) is 0 Å². The van der Waals surface area contributed by atoms with Crippen molar-refractivity contribution in [1.82, 2.24) is 20.4 Å². The number of guanidine groups is 1. The standard InChI is InChI=1S/C14H23N5O3/c1-4-9-12(20)11(13(21)17-14(15-2)16-3)19(18-9)10-7-5-6-8-22-10/h10,20H,4-8H2,1-3H3,(H2,15,16,17,21). The smallest absolute Gasteiger partial charge is 0.280 e. The van der Waals surface area contributed by atoms with Gasteiger partial charge in [-0.3, -0.25) is 15.1 Å². The van der Waals surface area contributed by atoms with Gasteiger partial charge in [0.15, 0.2) is 23.6 Å². The molecular weight excluding hydrogens is 286 g/mol. The summed E-state index contributed by atoms with van der Waals surface area (Å²) in [4.78, 5) is 16.4. The Kier molecular flexibility index (Phi) is 5.37. The number of aryl methyl sites for hydroxylation is 1. The molecule has 1 amide bonds. The lowest BCUT2D eigenvalue weighted by Gasteiger charge is -2.24. The van der Waals surface area contributed by atoms with E-state index in [4.69, 9.17) is 4.74 Å². The third-order valence-electron chi connectivity index (χ3n) is 3.63. The van der Waals surface area contributed by atoms with Gasteiger partial charge in [0.05, 0.1) is 0 Å². The number of hydrogen-bond acceptors (Lipinski definition) is 5. The highest BCUT2D eigenvalue weighted by Crippen LogP contribution is 2.30. The molecule has 1 atom stereocenters. The first-order valence-corrected chi connectivity index (χ1v) is 7.50. The maximum atomic E-state index is 12.5. The Labute approximate surface area is 129 Å². The van der Waals surface area contributed by atoms with E-state index in [1.165, 1.54) is 4.68 Å². The Morgan fingerprint density at radius 2 is 2.32 bits per heavy atom. The molecular formula is C14H23N5O3. The molecule has 0 aliphatic carbocycles. The van der Waals surface area contributed by atoms with E-state index in [1.54, 1.807) is 14.1 Å². The third kappa shape index (κ3) is 3.22. The van der Waals surface area contributed by atoms with Crippen LogP contribution in [0.4, 0.5) is 0 Å². The van der Waals surface area contributed by atoms with Crippen molar-refractivity contribution in [3.63, 3.8) is 0 Å². The Morgan fingerprint density at radius 3 is 2.86 bits per heavy atom. The summed E-state index contributed by atoms with van der Waals surface area (Å²) in [6.45, 7) is 2.51. The van der Waals surface area contributed by atoms with E-state index in [9.17, 15) is 9.90 Å². The van der Waals surface area contributed by atoms with Gasteiger partial charge in [-0.2, -0.15) is 5.10 Å². The monoisotopic (exact) mass is 309 g/mol. The van der Waals surface area contributed by atoms with Crippen LogP contribution in [-0.2, 0) is 11.2 Å². The van der Waals surface area contributed by atoms with Crippen LogP contribution in [0.2, 0.25) is 0 Å². The fourth-order valence-corrected chi connectivity index (χ4v) is 2.44. The molecule has 1 fully saturated rings. The van der Waals surface area contributed by atoms with E-state index in [2.05, 4.69) is 20.7 Å². The van der Waals surface area contributed by atoms with Crippen LogP contribution in [-0.4, -0.2) is 47.5 Å². The van der Waals surface area contributed by atoms with Crippen molar-refractivity contribution in [3.8, 4) is 5.75 Å². The molecule has 1 saturated heterocycles. The van der Waals surface area contributed by atoms with Crippen LogP contribution < -0.4 is 10.6 Å². The molecule has 122 valence electrons. The molecule has 8 nitrogen and oxygen atoms in total. The zero-order valence-electron chi connectivity index (χ0n) is 13.2. The van der Waals surface area contributed by atoms with Crippen LogP contribution in [0, 0.1) is 0 Å². The van der Waals surface area contributed by atoms with Gasteiger partial charge in [0.1, 0.15) is 5.69 Å². The minimum atomic E-state index is -0.464. The summed E-state index contributed by atoms with van der Waals surface area (Å²) in [6, 6.07) is 0. The van der Waals surface area contributed by atoms with Crippen LogP contribution in [0.5, 0.6) is 5.75 Å². The molecule has 1 unspecified atom stereocenters. The van der Waals surface area contributed by atoms with Crippen molar-refractivity contribution < 1.29 is 14.6 Å². The number of nitrogens with one attached hydrogen (secondary N) is 2. The largest absolute Gasteiger partial charge is 0.504 e. The average molecular weight is 309 g/mol. The first kappa shape index (κ1) is 16.3. The zero-order valence-corrected chi connectivity index (χ0v) is 13.2. The van der Waals surface area contributed by atoms with Crippen molar-refractivity contribution >= 4 is 11.9 Å². The lowest BCUT2D eigenvalue weighted by Crippen LogP contribution is -2.40. The number of aliphatic imine (C=N–C) groups is 1. The van der Waals surface area contributed by atoms with E-state index >= 15 is 0 Å². The van der Waals surface area contributed by atoms with Gasteiger partial charge in [0.2, 0.25) is 0 Å². The molecule has 0 saturated carbocycles. The number of aromatic nitrogens is 2. The highest BCUT2D eigenvalue weighted by atomic mass is 16.5. The van der Waals surface area contributed by atoms with Gasteiger partial charge in [-0.15, -0.1) is 0 Å². The van der Waals surface area contributed by atoms with Crippen LogP contribution in [0.1, 0.15) is 48.6 Å². The molecule has 1 aliphatic heterocycles. The molecule has 3 N–H and O–H groups in total. The van der Waals surface area contributed by atoms with Gasteiger partial charge in [-0.1, -0.05) is 6.92 Å². The van der Waals surface area contributed by atoms with Gasteiger partial charge >= 0.3 is 0 Å². The molecule has 2 heterocycles. The summed E-state index contributed by atoms with van der Waals surface area (Å²) in [6.07, 6.45) is 2.99. The van der Waals surface area contributed by atoms with E-state index in [0.717, 1.165) is 19.3 Å². The molecule has 0 spiro atoms. The summed E-state index contributed by atoms with van der Waals surface area (Å²) >= 11 is 0. The van der Waals surface area contributed by atoms with Crippen LogP contribution in [0.3, 0.4) is 0 Å².